The first kappa shape index (κ1) is 21.0. The van der Waals surface area contributed by atoms with Crippen LogP contribution in [-0.4, -0.2) is 28.0 Å². The number of nitrogens with one attached hydrogen (secondary N) is 2. The second-order valence-electron chi connectivity index (χ2n) is 7.09. The van der Waals surface area contributed by atoms with Crippen molar-refractivity contribution in [2.45, 2.75) is 20.4 Å². The van der Waals surface area contributed by atoms with E-state index in [0.29, 0.717) is 28.0 Å². The molecule has 6 nitrogen and oxygen atoms in total. The molecule has 0 aliphatic heterocycles. The third kappa shape index (κ3) is 4.45. The average molecular weight is 451 g/mol. The number of hydrogen-bond acceptors (Lipinski definition) is 5. The summed E-state index contributed by atoms with van der Waals surface area (Å²) in [6.07, 6.45) is 1.91. The molecule has 2 heterocycles. The molecule has 0 spiro atoms. The molecule has 4 aromatic rings. The lowest BCUT2D eigenvalue weighted by atomic mass is 10.0. The summed E-state index contributed by atoms with van der Waals surface area (Å²) in [6, 6.07) is 16.5. The van der Waals surface area contributed by atoms with Crippen LogP contribution in [0.2, 0.25) is 0 Å². The van der Waals surface area contributed by atoms with E-state index in [0.717, 1.165) is 10.4 Å². The molecule has 0 aliphatic rings. The van der Waals surface area contributed by atoms with Gasteiger partial charge in [-0.3, -0.25) is 4.68 Å². The molecule has 4 rings (SSSR count). The van der Waals surface area contributed by atoms with Gasteiger partial charge in [0.15, 0.2) is 10.9 Å². The molecule has 0 saturated carbocycles. The van der Waals surface area contributed by atoms with E-state index in [2.05, 4.69) is 46.1 Å². The fourth-order valence-electron chi connectivity index (χ4n) is 3.43. The van der Waals surface area contributed by atoms with Crippen molar-refractivity contribution in [2.75, 3.05) is 17.7 Å². The standard InChI is InChI=1S/C23H22N4O2S2/c1-14-15(2)31-21(20(14)22(28)29-3)25-23(30)24-19-11-12-27(26-19)13-17-9-6-8-16-7-4-5-10-18(16)17/h4-12H,13H2,1-3H3,(H2,24,25,26,30). The maximum absolute atomic E-state index is 12.1. The van der Waals surface area contributed by atoms with Crippen LogP contribution in [0, 0.1) is 13.8 Å². The SMILES string of the molecule is COC(=O)c1c(NC(=S)Nc2ccn(Cc3cccc4ccccc34)n2)sc(C)c1C. The van der Waals surface area contributed by atoms with E-state index < -0.39 is 0 Å². The summed E-state index contributed by atoms with van der Waals surface area (Å²) in [7, 11) is 1.37. The minimum Gasteiger partial charge on any atom is -0.465 e. The number of carbonyl (C=O) groups excluding carboxylic acids is 1. The van der Waals surface area contributed by atoms with Gasteiger partial charge in [-0.1, -0.05) is 42.5 Å². The molecule has 0 aliphatic carbocycles. The number of rotatable bonds is 5. The molecule has 31 heavy (non-hydrogen) atoms. The maximum Gasteiger partial charge on any atom is 0.341 e. The topological polar surface area (TPSA) is 68.2 Å². The average Bonchev–Trinajstić information content (AvgIpc) is 3.31. The van der Waals surface area contributed by atoms with Crippen LogP contribution < -0.4 is 10.6 Å². The monoisotopic (exact) mass is 450 g/mol. The second kappa shape index (κ2) is 8.87. The van der Waals surface area contributed by atoms with Crippen molar-refractivity contribution in [3.63, 3.8) is 0 Å². The Morgan fingerprint density at radius 2 is 1.90 bits per heavy atom. The lowest BCUT2D eigenvalue weighted by Crippen LogP contribution is -2.20. The van der Waals surface area contributed by atoms with Gasteiger partial charge in [0.2, 0.25) is 0 Å². The van der Waals surface area contributed by atoms with Gasteiger partial charge in [-0.2, -0.15) is 5.10 Å². The highest BCUT2D eigenvalue weighted by Gasteiger charge is 2.21. The van der Waals surface area contributed by atoms with Gasteiger partial charge >= 0.3 is 5.97 Å². The minimum atomic E-state index is -0.383. The fraction of sp³-hybridized carbons (Fsp3) is 0.174. The number of thiocarbonyl (C=S) groups is 1. The molecule has 0 unspecified atom stereocenters. The highest BCUT2D eigenvalue weighted by atomic mass is 32.1. The van der Waals surface area contributed by atoms with Crippen LogP contribution in [0.25, 0.3) is 10.8 Å². The van der Waals surface area contributed by atoms with Crippen molar-refractivity contribution in [2.24, 2.45) is 0 Å². The number of aromatic nitrogens is 2. The molecule has 0 bridgehead atoms. The highest BCUT2D eigenvalue weighted by Crippen LogP contribution is 2.33. The van der Waals surface area contributed by atoms with Gasteiger partial charge in [-0.05, 0) is 48.0 Å². The number of anilines is 2. The van der Waals surface area contributed by atoms with E-state index in [4.69, 9.17) is 17.0 Å². The van der Waals surface area contributed by atoms with Gasteiger partial charge in [-0.15, -0.1) is 11.3 Å². The number of carbonyl (C=O) groups is 1. The van der Waals surface area contributed by atoms with Gasteiger partial charge in [0.05, 0.1) is 19.2 Å². The molecule has 2 aromatic carbocycles. The molecule has 2 aromatic heterocycles. The lowest BCUT2D eigenvalue weighted by molar-refractivity contribution is 0.0601. The normalized spacial score (nSPS) is 10.8. The number of nitrogens with zero attached hydrogens (tertiary/aromatic N) is 2. The van der Waals surface area contributed by atoms with Gasteiger partial charge in [0, 0.05) is 17.1 Å². The Bertz CT molecular complexity index is 1270. The van der Waals surface area contributed by atoms with Gasteiger partial charge < -0.3 is 15.4 Å². The third-order valence-corrected chi connectivity index (χ3v) is 6.42. The number of methoxy groups -OCH3 is 1. The first-order valence-corrected chi connectivity index (χ1v) is 10.9. The second-order valence-corrected chi connectivity index (χ2v) is 8.73. The predicted octanol–water partition coefficient (Wildman–Crippen LogP) is 5.36. The van der Waals surface area contributed by atoms with Crippen molar-refractivity contribution >= 4 is 56.2 Å². The lowest BCUT2D eigenvalue weighted by Gasteiger charge is -2.09. The van der Waals surface area contributed by atoms with E-state index in [-0.39, 0.29) is 5.97 Å². The number of fused-ring (bicyclic) bond motifs is 1. The third-order valence-electron chi connectivity index (χ3n) is 5.10. The molecular weight excluding hydrogens is 428 g/mol. The van der Waals surface area contributed by atoms with Crippen molar-refractivity contribution in [1.29, 1.82) is 0 Å². The van der Waals surface area contributed by atoms with Crippen molar-refractivity contribution < 1.29 is 9.53 Å². The predicted molar refractivity (Wildman–Crippen MR) is 130 cm³/mol. The van der Waals surface area contributed by atoms with Gasteiger partial charge in [0.25, 0.3) is 0 Å². The first-order valence-electron chi connectivity index (χ1n) is 9.72. The Morgan fingerprint density at radius 3 is 2.71 bits per heavy atom. The van der Waals surface area contributed by atoms with Crippen LogP contribution in [0.3, 0.4) is 0 Å². The Morgan fingerprint density at radius 1 is 1.13 bits per heavy atom. The smallest absolute Gasteiger partial charge is 0.341 e. The van der Waals surface area contributed by atoms with Crippen molar-refractivity contribution in [3.8, 4) is 0 Å². The Balaban J connectivity index is 1.47. The molecule has 0 saturated heterocycles. The largest absolute Gasteiger partial charge is 0.465 e. The van der Waals surface area contributed by atoms with E-state index in [1.807, 2.05) is 42.9 Å². The quantitative estimate of drug-likeness (QED) is 0.315. The van der Waals surface area contributed by atoms with Crippen LogP contribution in [0.5, 0.6) is 0 Å². The zero-order valence-electron chi connectivity index (χ0n) is 17.4. The van der Waals surface area contributed by atoms with E-state index in [1.165, 1.54) is 34.8 Å². The van der Waals surface area contributed by atoms with Crippen LogP contribution in [0.1, 0.15) is 26.4 Å². The molecule has 0 amide bonds. The number of hydrogen-bond donors (Lipinski definition) is 2. The van der Waals surface area contributed by atoms with E-state index in [1.54, 1.807) is 0 Å². The minimum absolute atomic E-state index is 0.363. The fourth-order valence-corrected chi connectivity index (χ4v) is 4.76. The molecule has 0 atom stereocenters. The van der Waals surface area contributed by atoms with E-state index in [9.17, 15) is 4.79 Å². The molecular formula is C23H22N4O2S2. The van der Waals surface area contributed by atoms with Crippen molar-refractivity contribution in [1.82, 2.24) is 9.78 Å². The first-order chi connectivity index (χ1) is 15.0. The summed E-state index contributed by atoms with van der Waals surface area (Å²) in [5.74, 6) is 0.244. The zero-order valence-corrected chi connectivity index (χ0v) is 19.1. The summed E-state index contributed by atoms with van der Waals surface area (Å²) < 4.78 is 6.78. The summed E-state index contributed by atoms with van der Waals surface area (Å²) in [4.78, 5) is 13.2. The van der Waals surface area contributed by atoms with E-state index >= 15 is 0 Å². The number of aryl methyl sites for hydroxylation is 1. The van der Waals surface area contributed by atoms with Gasteiger partial charge in [-0.25, -0.2) is 4.79 Å². The zero-order chi connectivity index (χ0) is 22.0. The molecule has 8 heteroatoms. The summed E-state index contributed by atoms with van der Waals surface area (Å²) in [6.45, 7) is 4.51. The molecule has 0 radical (unpaired) electrons. The van der Waals surface area contributed by atoms with Gasteiger partial charge in [0.1, 0.15) is 5.00 Å². The number of esters is 1. The molecule has 158 valence electrons. The van der Waals surface area contributed by atoms with Crippen LogP contribution >= 0.6 is 23.6 Å². The Kier molecular flexibility index (Phi) is 6.01. The summed E-state index contributed by atoms with van der Waals surface area (Å²) in [5, 5.41) is 14.2. The molecule has 2 N–H and O–H groups in total. The Hall–Kier alpha value is -3.23. The highest BCUT2D eigenvalue weighted by molar-refractivity contribution is 7.80. The maximum atomic E-state index is 12.1. The number of thiophene rings is 1. The Labute approximate surface area is 189 Å². The summed E-state index contributed by atoms with van der Waals surface area (Å²) >= 11 is 6.90. The van der Waals surface area contributed by atoms with Crippen LogP contribution in [0.15, 0.2) is 54.7 Å². The van der Waals surface area contributed by atoms with Crippen molar-refractivity contribution in [3.05, 3.63) is 76.3 Å². The van der Waals surface area contributed by atoms with Crippen LogP contribution in [-0.2, 0) is 11.3 Å². The number of benzene rings is 2. The number of ether oxygens (including phenoxy) is 1. The summed E-state index contributed by atoms with van der Waals surface area (Å²) in [5.41, 5.74) is 2.60. The molecule has 0 fully saturated rings. The van der Waals surface area contributed by atoms with Crippen LogP contribution in [0.4, 0.5) is 10.8 Å².